The second-order valence-electron chi connectivity index (χ2n) is 7.52. The van der Waals surface area contributed by atoms with E-state index in [0.29, 0.717) is 30.3 Å². The second kappa shape index (κ2) is 7.47. The molecule has 1 aromatic heterocycles. The molecule has 28 heavy (non-hydrogen) atoms. The predicted molar refractivity (Wildman–Crippen MR) is 102 cm³/mol. The van der Waals surface area contributed by atoms with Gasteiger partial charge in [0.25, 0.3) is 5.91 Å². The minimum Gasteiger partial charge on any atom is -0.353 e. The number of imidazole rings is 1. The van der Waals surface area contributed by atoms with Gasteiger partial charge in [0, 0.05) is 30.9 Å². The molecule has 1 unspecified atom stereocenters. The van der Waals surface area contributed by atoms with Gasteiger partial charge in [0.05, 0.1) is 29.8 Å². The first kappa shape index (κ1) is 18.2. The van der Waals surface area contributed by atoms with E-state index in [9.17, 15) is 9.59 Å². The number of fused-ring (bicyclic) bond motifs is 1. The SMILES string of the molecule is CC1c2nc(CC(=O)NC3CCC3)cn2CCN1C(=O)c1cccc(C#N)c1. The minimum atomic E-state index is -0.199. The van der Waals surface area contributed by atoms with Crippen molar-refractivity contribution in [2.75, 3.05) is 6.54 Å². The summed E-state index contributed by atoms with van der Waals surface area (Å²) >= 11 is 0. The lowest BCUT2D eigenvalue weighted by atomic mass is 9.93. The lowest BCUT2D eigenvalue weighted by Crippen LogP contribution is -2.41. The molecule has 2 aliphatic rings. The molecule has 1 N–H and O–H groups in total. The highest BCUT2D eigenvalue weighted by Gasteiger charge is 2.30. The van der Waals surface area contributed by atoms with Crippen LogP contribution in [0.25, 0.3) is 0 Å². The van der Waals surface area contributed by atoms with Crippen LogP contribution in [0.3, 0.4) is 0 Å². The fraction of sp³-hybridized carbons (Fsp3) is 0.429. The van der Waals surface area contributed by atoms with Crippen LogP contribution >= 0.6 is 0 Å². The number of amides is 2. The molecule has 7 heteroatoms. The highest BCUT2D eigenvalue weighted by atomic mass is 16.2. The van der Waals surface area contributed by atoms with Crippen molar-refractivity contribution >= 4 is 11.8 Å². The highest BCUT2D eigenvalue weighted by Crippen LogP contribution is 2.27. The van der Waals surface area contributed by atoms with Gasteiger partial charge in [-0.1, -0.05) is 6.07 Å². The van der Waals surface area contributed by atoms with E-state index in [-0.39, 0.29) is 24.3 Å². The molecule has 1 saturated carbocycles. The zero-order valence-electron chi connectivity index (χ0n) is 15.9. The minimum absolute atomic E-state index is 0.00838. The quantitative estimate of drug-likeness (QED) is 0.884. The predicted octanol–water partition coefficient (Wildman–Crippen LogP) is 2.18. The molecular formula is C21H23N5O2. The number of hydrogen-bond acceptors (Lipinski definition) is 4. The Bertz CT molecular complexity index is 954. The lowest BCUT2D eigenvalue weighted by molar-refractivity contribution is -0.121. The summed E-state index contributed by atoms with van der Waals surface area (Å²) in [5.41, 5.74) is 1.71. The van der Waals surface area contributed by atoms with Gasteiger partial charge in [-0.05, 0) is 44.4 Å². The maximum Gasteiger partial charge on any atom is 0.254 e. The van der Waals surface area contributed by atoms with E-state index in [4.69, 9.17) is 5.26 Å². The average Bonchev–Trinajstić information content (AvgIpc) is 3.08. The van der Waals surface area contributed by atoms with Gasteiger partial charge in [-0.15, -0.1) is 0 Å². The number of carbonyl (C=O) groups excluding carboxylic acids is 2. The van der Waals surface area contributed by atoms with E-state index in [1.54, 1.807) is 29.2 Å². The largest absolute Gasteiger partial charge is 0.353 e. The summed E-state index contributed by atoms with van der Waals surface area (Å²) in [6, 6.07) is 8.95. The normalized spacial score (nSPS) is 18.7. The van der Waals surface area contributed by atoms with E-state index in [0.717, 1.165) is 24.4 Å². The van der Waals surface area contributed by atoms with Gasteiger partial charge in [-0.25, -0.2) is 4.98 Å². The Morgan fingerprint density at radius 3 is 2.86 bits per heavy atom. The summed E-state index contributed by atoms with van der Waals surface area (Å²) in [6.45, 7) is 3.15. The molecule has 1 atom stereocenters. The topological polar surface area (TPSA) is 91.0 Å². The van der Waals surface area contributed by atoms with Crippen LogP contribution in [0.15, 0.2) is 30.5 Å². The molecule has 0 spiro atoms. The van der Waals surface area contributed by atoms with Crippen LogP contribution in [0.1, 0.15) is 59.7 Å². The highest BCUT2D eigenvalue weighted by molar-refractivity contribution is 5.94. The van der Waals surface area contributed by atoms with Gasteiger partial charge < -0.3 is 14.8 Å². The molecule has 0 radical (unpaired) electrons. The first-order valence-corrected chi connectivity index (χ1v) is 9.71. The third-order valence-corrected chi connectivity index (χ3v) is 5.59. The van der Waals surface area contributed by atoms with Gasteiger partial charge in [0.15, 0.2) is 0 Å². The molecular weight excluding hydrogens is 354 g/mol. The molecule has 144 valence electrons. The molecule has 7 nitrogen and oxygen atoms in total. The number of nitrogens with zero attached hydrogens (tertiary/aromatic N) is 4. The van der Waals surface area contributed by atoms with E-state index in [2.05, 4.69) is 16.4 Å². The molecule has 1 fully saturated rings. The number of aromatic nitrogens is 2. The summed E-state index contributed by atoms with van der Waals surface area (Å²) in [7, 11) is 0. The Labute approximate surface area is 164 Å². The summed E-state index contributed by atoms with van der Waals surface area (Å²) in [5, 5.41) is 12.1. The van der Waals surface area contributed by atoms with Crippen LogP contribution in [0.5, 0.6) is 0 Å². The lowest BCUT2D eigenvalue weighted by Gasteiger charge is -2.33. The number of rotatable bonds is 4. The Morgan fingerprint density at radius 1 is 1.32 bits per heavy atom. The van der Waals surface area contributed by atoms with Crippen molar-refractivity contribution in [1.29, 1.82) is 5.26 Å². The zero-order valence-corrected chi connectivity index (χ0v) is 15.9. The van der Waals surface area contributed by atoms with Crippen LogP contribution in [0.4, 0.5) is 0 Å². The van der Waals surface area contributed by atoms with Gasteiger partial charge >= 0.3 is 0 Å². The Balaban J connectivity index is 1.47. The molecule has 2 heterocycles. The molecule has 0 saturated heterocycles. The van der Waals surface area contributed by atoms with Crippen molar-refractivity contribution in [2.45, 2.75) is 51.2 Å². The van der Waals surface area contributed by atoms with Crippen molar-refractivity contribution in [1.82, 2.24) is 19.8 Å². The van der Waals surface area contributed by atoms with E-state index < -0.39 is 0 Å². The zero-order chi connectivity index (χ0) is 19.7. The van der Waals surface area contributed by atoms with Gasteiger partial charge in [-0.2, -0.15) is 5.26 Å². The Hall–Kier alpha value is -3.14. The van der Waals surface area contributed by atoms with Crippen molar-refractivity contribution in [2.24, 2.45) is 0 Å². The number of carbonyl (C=O) groups is 2. The summed E-state index contributed by atoms with van der Waals surface area (Å²) in [4.78, 5) is 31.5. The van der Waals surface area contributed by atoms with Crippen molar-refractivity contribution in [3.8, 4) is 6.07 Å². The molecule has 2 amide bonds. The van der Waals surface area contributed by atoms with E-state index in [1.807, 2.05) is 17.7 Å². The van der Waals surface area contributed by atoms with Crippen LogP contribution in [-0.2, 0) is 17.8 Å². The first-order chi connectivity index (χ1) is 13.5. The van der Waals surface area contributed by atoms with E-state index in [1.165, 1.54) is 6.42 Å². The molecule has 4 rings (SSSR count). The molecule has 1 aliphatic heterocycles. The molecule has 1 aromatic carbocycles. The van der Waals surface area contributed by atoms with Crippen LogP contribution in [0.2, 0.25) is 0 Å². The maximum atomic E-state index is 12.9. The molecule has 1 aliphatic carbocycles. The molecule has 0 bridgehead atoms. The smallest absolute Gasteiger partial charge is 0.254 e. The number of benzene rings is 1. The van der Waals surface area contributed by atoms with E-state index >= 15 is 0 Å². The van der Waals surface area contributed by atoms with Crippen molar-refractivity contribution in [3.63, 3.8) is 0 Å². The number of nitriles is 1. The number of nitrogens with one attached hydrogen (secondary N) is 1. The third-order valence-electron chi connectivity index (χ3n) is 5.59. The van der Waals surface area contributed by atoms with Crippen LogP contribution in [0, 0.1) is 11.3 Å². The third kappa shape index (κ3) is 3.50. The fourth-order valence-electron chi connectivity index (χ4n) is 3.79. The van der Waals surface area contributed by atoms with Crippen LogP contribution < -0.4 is 5.32 Å². The van der Waals surface area contributed by atoms with Crippen molar-refractivity contribution in [3.05, 3.63) is 53.1 Å². The van der Waals surface area contributed by atoms with Crippen LogP contribution in [-0.4, -0.2) is 38.9 Å². The second-order valence-corrected chi connectivity index (χ2v) is 7.52. The van der Waals surface area contributed by atoms with Gasteiger partial charge in [0.2, 0.25) is 5.91 Å². The van der Waals surface area contributed by atoms with Gasteiger partial charge in [-0.3, -0.25) is 9.59 Å². The summed E-state index contributed by atoms with van der Waals surface area (Å²) in [6.07, 6.45) is 5.49. The number of hydrogen-bond donors (Lipinski definition) is 1. The Morgan fingerprint density at radius 2 is 2.14 bits per heavy atom. The van der Waals surface area contributed by atoms with Crippen molar-refractivity contribution < 1.29 is 9.59 Å². The molecule has 2 aromatic rings. The summed E-state index contributed by atoms with van der Waals surface area (Å²) < 4.78 is 2.03. The average molecular weight is 377 g/mol. The first-order valence-electron chi connectivity index (χ1n) is 9.71. The fourth-order valence-corrected chi connectivity index (χ4v) is 3.79. The van der Waals surface area contributed by atoms with Gasteiger partial charge in [0.1, 0.15) is 5.82 Å². The standard InChI is InChI=1S/C21H23N5O2/c1-14-20-24-18(11-19(27)23-17-6-3-7-17)13-25(20)8-9-26(14)21(28)16-5-2-4-15(10-16)12-22/h2,4-5,10,13-14,17H,3,6-9,11H2,1H3,(H,23,27). The maximum absolute atomic E-state index is 12.9. The summed E-state index contributed by atoms with van der Waals surface area (Å²) in [5.74, 6) is 0.694. The monoisotopic (exact) mass is 377 g/mol. The Kier molecular flexibility index (Phi) is 4.86.